The molecule has 0 unspecified atom stereocenters. The Hall–Kier alpha value is -2.38. The van der Waals surface area contributed by atoms with E-state index in [2.05, 4.69) is 29.1 Å². The van der Waals surface area contributed by atoms with Gasteiger partial charge in [0, 0.05) is 44.2 Å². The number of methoxy groups -OCH3 is 1. The maximum atomic E-state index is 12.6. The number of carbonyl (C=O) groups excluding carboxylic acids is 1. The molecule has 0 N–H and O–H groups in total. The van der Waals surface area contributed by atoms with Gasteiger partial charge in [-0.1, -0.05) is 19.9 Å². The fourth-order valence-electron chi connectivity index (χ4n) is 3.33. The van der Waals surface area contributed by atoms with E-state index < -0.39 is 0 Å². The lowest BCUT2D eigenvalue weighted by Crippen LogP contribution is -2.47. The Kier molecular flexibility index (Phi) is 8.28. The molecule has 1 fully saturated rings. The molecule has 1 aliphatic rings. The molecule has 1 aliphatic heterocycles. The van der Waals surface area contributed by atoms with Gasteiger partial charge in [-0.3, -0.25) is 9.69 Å². The number of nitrogens with zero attached hydrogens (tertiary/aromatic N) is 3. The second-order valence-corrected chi connectivity index (χ2v) is 8.22. The second kappa shape index (κ2) is 11.1. The standard InChI is InChI=1S/C23H31N3O3S/c1-4-14-29-20-8-6-18(15-21(20)28-3)7-9-23(27)26-12-10-25(11-13-26)16-19-17-30-22(5-2)24-19/h6-9,15,17H,4-5,10-14,16H2,1-3H3/b9-7+. The van der Waals surface area contributed by atoms with Crippen LogP contribution in [0.3, 0.4) is 0 Å². The van der Waals surface area contributed by atoms with Crippen LogP contribution >= 0.6 is 11.3 Å². The zero-order chi connectivity index (χ0) is 21.3. The van der Waals surface area contributed by atoms with Gasteiger partial charge in [0.2, 0.25) is 5.91 Å². The minimum Gasteiger partial charge on any atom is -0.493 e. The van der Waals surface area contributed by atoms with Gasteiger partial charge in [-0.25, -0.2) is 4.98 Å². The van der Waals surface area contributed by atoms with Crippen molar-refractivity contribution in [1.29, 1.82) is 0 Å². The number of piperazine rings is 1. The van der Waals surface area contributed by atoms with Crippen molar-refractivity contribution in [2.24, 2.45) is 0 Å². The number of carbonyl (C=O) groups is 1. The third kappa shape index (κ3) is 6.06. The fourth-order valence-corrected chi connectivity index (χ4v) is 4.07. The van der Waals surface area contributed by atoms with Crippen molar-refractivity contribution in [2.75, 3.05) is 39.9 Å². The van der Waals surface area contributed by atoms with Crippen LogP contribution in [0.15, 0.2) is 29.7 Å². The summed E-state index contributed by atoms with van der Waals surface area (Å²) < 4.78 is 11.1. The Morgan fingerprint density at radius 2 is 2.00 bits per heavy atom. The molecule has 162 valence electrons. The van der Waals surface area contributed by atoms with E-state index >= 15 is 0 Å². The molecule has 0 spiro atoms. The van der Waals surface area contributed by atoms with Crippen LogP contribution in [0.1, 0.15) is 36.5 Å². The zero-order valence-corrected chi connectivity index (χ0v) is 18.9. The molecule has 0 aliphatic carbocycles. The molecule has 2 aromatic rings. The Morgan fingerprint density at radius 3 is 2.67 bits per heavy atom. The van der Waals surface area contributed by atoms with Crippen molar-refractivity contribution >= 4 is 23.3 Å². The number of benzene rings is 1. The van der Waals surface area contributed by atoms with E-state index in [9.17, 15) is 4.79 Å². The Labute approximate surface area is 183 Å². The molecule has 1 amide bonds. The highest BCUT2D eigenvalue weighted by Gasteiger charge is 2.20. The van der Waals surface area contributed by atoms with Gasteiger partial charge in [-0.2, -0.15) is 0 Å². The number of hydrogen-bond donors (Lipinski definition) is 0. The topological polar surface area (TPSA) is 54.9 Å². The maximum absolute atomic E-state index is 12.6. The molecule has 7 heteroatoms. The Balaban J connectivity index is 1.51. The average Bonchev–Trinajstić information content (AvgIpc) is 3.24. The van der Waals surface area contributed by atoms with Crippen LogP contribution in [0.2, 0.25) is 0 Å². The molecule has 30 heavy (non-hydrogen) atoms. The largest absolute Gasteiger partial charge is 0.493 e. The van der Waals surface area contributed by atoms with E-state index in [4.69, 9.17) is 9.47 Å². The third-order valence-corrected chi connectivity index (χ3v) is 6.08. The SMILES string of the molecule is CCCOc1ccc(/C=C/C(=O)N2CCN(Cc3csc(CC)n3)CC2)cc1OC. The summed E-state index contributed by atoms with van der Waals surface area (Å²) in [7, 11) is 1.63. The quantitative estimate of drug-likeness (QED) is 0.567. The van der Waals surface area contributed by atoms with Crippen LogP contribution in [0.4, 0.5) is 0 Å². The second-order valence-electron chi connectivity index (χ2n) is 7.28. The molecular weight excluding hydrogens is 398 g/mol. The van der Waals surface area contributed by atoms with Crippen molar-refractivity contribution in [1.82, 2.24) is 14.8 Å². The highest BCUT2D eigenvalue weighted by molar-refractivity contribution is 7.09. The fraction of sp³-hybridized carbons (Fsp3) is 0.478. The first-order valence-corrected chi connectivity index (χ1v) is 11.4. The van der Waals surface area contributed by atoms with Crippen LogP contribution in [0.5, 0.6) is 11.5 Å². The summed E-state index contributed by atoms with van der Waals surface area (Å²) in [6.07, 6.45) is 5.41. The molecule has 0 saturated carbocycles. The molecule has 0 bridgehead atoms. The smallest absolute Gasteiger partial charge is 0.246 e. The van der Waals surface area contributed by atoms with E-state index in [1.165, 1.54) is 5.01 Å². The van der Waals surface area contributed by atoms with Gasteiger partial charge < -0.3 is 14.4 Å². The van der Waals surface area contributed by atoms with Crippen LogP contribution in [0, 0.1) is 0 Å². The predicted octanol–water partition coefficient (Wildman–Crippen LogP) is 3.86. The number of hydrogen-bond acceptors (Lipinski definition) is 6. The Bertz CT molecular complexity index is 857. The molecule has 1 saturated heterocycles. The zero-order valence-electron chi connectivity index (χ0n) is 18.1. The summed E-state index contributed by atoms with van der Waals surface area (Å²) in [5, 5.41) is 3.33. The third-order valence-electron chi connectivity index (χ3n) is 5.04. The van der Waals surface area contributed by atoms with Crippen LogP contribution < -0.4 is 9.47 Å². The van der Waals surface area contributed by atoms with E-state index in [-0.39, 0.29) is 5.91 Å². The van der Waals surface area contributed by atoms with Gasteiger partial charge in [0.25, 0.3) is 0 Å². The highest BCUT2D eigenvalue weighted by atomic mass is 32.1. The van der Waals surface area contributed by atoms with Crippen molar-refractivity contribution in [3.05, 3.63) is 45.9 Å². The predicted molar refractivity (Wildman–Crippen MR) is 121 cm³/mol. The van der Waals surface area contributed by atoms with Gasteiger partial charge in [0.05, 0.1) is 24.4 Å². The van der Waals surface area contributed by atoms with Crippen LogP contribution in [-0.2, 0) is 17.8 Å². The average molecular weight is 430 g/mol. The van der Waals surface area contributed by atoms with E-state index in [0.29, 0.717) is 12.4 Å². The molecule has 0 atom stereocenters. The normalized spacial score (nSPS) is 15.0. The lowest BCUT2D eigenvalue weighted by molar-refractivity contribution is -0.127. The van der Waals surface area contributed by atoms with Gasteiger partial charge in [-0.15, -0.1) is 11.3 Å². The summed E-state index contributed by atoms with van der Waals surface area (Å²) in [6.45, 7) is 8.92. The monoisotopic (exact) mass is 429 g/mol. The highest BCUT2D eigenvalue weighted by Crippen LogP contribution is 2.28. The van der Waals surface area contributed by atoms with E-state index in [0.717, 1.165) is 62.6 Å². The number of aryl methyl sites for hydroxylation is 1. The molecule has 3 rings (SSSR count). The number of amides is 1. The number of aromatic nitrogens is 1. The lowest BCUT2D eigenvalue weighted by atomic mass is 10.2. The van der Waals surface area contributed by atoms with Crippen molar-refractivity contribution in [3.8, 4) is 11.5 Å². The molecule has 1 aromatic carbocycles. The number of ether oxygens (including phenoxy) is 2. The first-order chi connectivity index (χ1) is 14.6. The molecule has 6 nitrogen and oxygen atoms in total. The minimum absolute atomic E-state index is 0.0434. The van der Waals surface area contributed by atoms with Gasteiger partial charge in [-0.05, 0) is 36.6 Å². The molecule has 1 aromatic heterocycles. The van der Waals surface area contributed by atoms with Gasteiger partial charge >= 0.3 is 0 Å². The number of thiazole rings is 1. The maximum Gasteiger partial charge on any atom is 0.246 e. The lowest BCUT2D eigenvalue weighted by Gasteiger charge is -2.33. The van der Waals surface area contributed by atoms with Gasteiger partial charge in [0.1, 0.15) is 0 Å². The van der Waals surface area contributed by atoms with Gasteiger partial charge in [0.15, 0.2) is 11.5 Å². The Morgan fingerprint density at radius 1 is 1.20 bits per heavy atom. The number of rotatable bonds is 9. The molecule has 0 radical (unpaired) electrons. The van der Waals surface area contributed by atoms with Crippen LogP contribution in [0.25, 0.3) is 6.08 Å². The summed E-state index contributed by atoms with van der Waals surface area (Å²) in [4.78, 5) is 21.5. The van der Waals surface area contributed by atoms with Crippen molar-refractivity contribution < 1.29 is 14.3 Å². The van der Waals surface area contributed by atoms with E-state index in [1.807, 2.05) is 29.2 Å². The van der Waals surface area contributed by atoms with Crippen molar-refractivity contribution in [3.63, 3.8) is 0 Å². The van der Waals surface area contributed by atoms with E-state index in [1.54, 1.807) is 24.5 Å². The first-order valence-electron chi connectivity index (χ1n) is 10.6. The van der Waals surface area contributed by atoms with Crippen molar-refractivity contribution in [2.45, 2.75) is 33.2 Å². The summed E-state index contributed by atoms with van der Waals surface area (Å²) in [6, 6.07) is 5.72. The summed E-state index contributed by atoms with van der Waals surface area (Å²) in [5.74, 6) is 1.45. The first kappa shape index (κ1) is 22.3. The summed E-state index contributed by atoms with van der Waals surface area (Å²) >= 11 is 1.73. The molecular formula is C23H31N3O3S. The summed E-state index contributed by atoms with van der Waals surface area (Å²) in [5.41, 5.74) is 2.05. The molecule has 2 heterocycles. The van der Waals surface area contributed by atoms with Crippen LogP contribution in [-0.4, -0.2) is 60.6 Å². The minimum atomic E-state index is 0.0434.